The SMILES string of the molecule is O=C1CN2OC(=O)/C=C/C(=O)OC2N1. The molecule has 0 spiro atoms. The van der Waals surface area contributed by atoms with Crippen molar-refractivity contribution in [3.05, 3.63) is 12.2 Å². The summed E-state index contributed by atoms with van der Waals surface area (Å²) in [5.41, 5.74) is 0. The van der Waals surface area contributed by atoms with Crippen molar-refractivity contribution >= 4 is 17.8 Å². The van der Waals surface area contributed by atoms with Gasteiger partial charge in [0, 0.05) is 12.2 Å². The molecule has 74 valence electrons. The Balaban J connectivity index is 2.20. The molecule has 1 saturated heterocycles. The summed E-state index contributed by atoms with van der Waals surface area (Å²) >= 11 is 0. The monoisotopic (exact) mass is 198 g/mol. The molecule has 2 heterocycles. The van der Waals surface area contributed by atoms with Crippen molar-refractivity contribution < 1.29 is 24.0 Å². The minimum atomic E-state index is -1.02. The van der Waals surface area contributed by atoms with Crippen molar-refractivity contribution in [2.75, 3.05) is 6.54 Å². The number of carbonyl (C=O) groups is 3. The summed E-state index contributed by atoms with van der Waals surface area (Å²) in [6.07, 6.45) is 0.842. The number of hydrogen-bond acceptors (Lipinski definition) is 6. The number of nitrogens with zero attached hydrogens (tertiary/aromatic N) is 1. The van der Waals surface area contributed by atoms with Crippen molar-refractivity contribution in [3.63, 3.8) is 0 Å². The van der Waals surface area contributed by atoms with Crippen LogP contribution >= 0.6 is 0 Å². The number of carbonyl (C=O) groups excluding carboxylic acids is 3. The molecule has 0 aromatic heterocycles. The summed E-state index contributed by atoms with van der Waals surface area (Å²) in [5.74, 6) is -1.81. The molecule has 0 radical (unpaired) electrons. The second kappa shape index (κ2) is 3.11. The lowest BCUT2D eigenvalue weighted by molar-refractivity contribution is -0.228. The molecule has 14 heavy (non-hydrogen) atoms. The maximum absolute atomic E-state index is 10.9. The number of rotatable bonds is 0. The van der Waals surface area contributed by atoms with Gasteiger partial charge in [0.05, 0.1) is 0 Å². The summed E-state index contributed by atoms with van der Waals surface area (Å²) in [7, 11) is 0. The molecule has 0 aromatic rings. The van der Waals surface area contributed by atoms with E-state index in [1.807, 2.05) is 0 Å². The van der Waals surface area contributed by atoms with Crippen LogP contribution in [-0.2, 0) is 24.0 Å². The molecule has 7 heteroatoms. The predicted molar refractivity (Wildman–Crippen MR) is 40.0 cm³/mol. The number of amides is 1. The van der Waals surface area contributed by atoms with Gasteiger partial charge in [-0.15, -0.1) is 0 Å². The molecule has 2 aliphatic heterocycles. The van der Waals surface area contributed by atoms with Crippen LogP contribution in [0.1, 0.15) is 0 Å². The zero-order chi connectivity index (χ0) is 10.1. The number of hydrogen-bond donors (Lipinski definition) is 1. The minimum Gasteiger partial charge on any atom is -0.421 e. The highest BCUT2D eigenvalue weighted by molar-refractivity contribution is 5.92. The smallest absolute Gasteiger partial charge is 0.350 e. The van der Waals surface area contributed by atoms with Gasteiger partial charge in [-0.2, -0.15) is 0 Å². The Kier molecular flexibility index (Phi) is 1.93. The van der Waals surface area contributed by atoms with Crippen LogP contribution in [-0.4, -0.2) is 35.8 Å². The molecule has 7 nitrogen and oxygen atoms in total. The topological polar surface area (TPSA) is 84.9 Å². The van der Waals surface area contributed by atoms with Crippen LogP contribution in [0, 0.1) is 0 Å². The highest BCUT2D eigenvalue weighted by Gasteiger charge is 2.36. The molecule has 0 aromatic carbocycles. The molecule has 0 aliphatic carbocycles. The molecule has 1 unspecified atom stereocenters. The molecule has 1 fully saturated rings. The van der Waals surface area contributed by atoms with E-state index in [9.17, 15) is 14.4 Å². The average Bonchev–Trinajstić information content (AvgIpc) is 2.41. The molecule has 0 bridgehead atoms. The van der Waals surface area contributed by atoms with E-state index >= 15 is 0 Å². The lowest BCUT2D eigenvalue weighted by Crippen LogP contribution is -2.41. The molecular formula is C7H6N2O5. The fraction of sp³-hybridized carbons (Fsp3) is 0.286. The number of hydroxylamine groups is 2. The summed E-state index contributed by atoms with van der Waals surface area (Å²) in [5, 5.41) is 3.27. The maximum Gasteiger partial charge on any atom is 0.350 e. The second-order valence-electron chi connectivity index (χ2n) is 2.68. The summed E-state index contributed by atoms with van der Waals surface area (Å²) in [4.78, 5) is 37.4. The van der Waals surface area contributed by atoms with Crippen molar-refractivity contribution in [2.45, 2.75) is 6.35 Å². The largest absolute Gasteiger partial charge is 0.421 e. The van der Waals surface area contributed by atoms with Crippen LogP contribution < -0.4 is 5.32 Å². The van der Waals surface area contributed by atoms with Crippen LogP contribution in [0.25, 0.3) is 0 Å². The molecule has 0 saturated carbocycles. The summed E-state index contributed by atoms with van der Waals surface area (Å²) < 4.78 is 4.72. The van der Waals surface area contributed by atoms with E-state index in [0.717, 1.165) is 17.2 Å². The molecule has 1 N–H and O–H groups in total. The van der Waals surface area contributed by atoms with Crippen molar-refractivity contribution in [2.24, 2.45) is 0 Å². The third kappa shape index (κ3) is 1.57. The lowest BCUT2D eigenvalue weighted by Gasteiger charge is -2.21. The Morgan fingerprint density at radius 3 is 2.79 bits per heavy atom. The highest BCUT2D eigenvalue weighted by atomic mass is 16.8. The van der Waals surface area contributed by atoms with Gasteiger partial charge in [0.25, 0.3) is 6.35 Å². The van der Waals surface area contributed by atoms with Crippen molar-refractivity contribution in [1.29, 1.82) is 0 Å². The fourth-order valence-corrected chi connectivity index (χ4v) is 1.08. The highest BCUT2D eigenvalue weighted by Crippen LogP contribution is 2.09. The first kappa shape index (κ1) is 8.70. The predicted octanol–water partition coefficient (Wildman–Crippen LogP) is -1.73. The van der Waals surface area contributed by atoms with E-state index in [1.54, 1.807) is 0 Å². The van der Waals surface area contributed by atoms with Crippen molar-refractivity contribution in [1.82, 2.24) is 10.4 Å². The van der Waals surface area contributed by atoms with E-state index in [-0.39, 0.29) is 12.5 Å². The Hall–Kier alpha value is -1.89. The van der Waals surface area contributed by atoms with E-state index in [4.69, 9.17) is 4.74 Å². The maximum atomic E-state index is 10.9. The number of ether oxygens (including phenoxy) is 1. The number of esters is 1. The first-order chi connectivity index (χ1) is 6.65. The Labute approximate surface area is 78.2 Å². The lowest BCUT2D eigenvalue weighted by atomic mass is 10.5. The molecule has 1 amide bonds. The van der Waals surface area contributed by atoms with Gasteiger partial charge in [0.15, 0.2) is 0 Å². The zero-order valence-corrected chi connectivity index (χ0v) is 6.93. The summed E-state index contributed by atoms with van der Waals surface area (Å²) in [6.45, 7) is -0.141. The average molecular weight is 198 g/mol. The Bertz CT molecular complexity index is 307. The van der Waals surface area contributed by atoms with E-state index in [0.29, 0.717) is 0 Å². The van der Waals surface area contributed by atoms with Crippen LogP contribution in [0.5, 0.6) is 0 Å². The van der Waals surface area contributed by atoms with Gasteiger partial charge in [-0.25, -0.2) is 9.59 Å². The van der Waals surface area contributed by atoms with Crippen LogP contribution in [0.2, 0.25) is 0 Å². The van der Waals surface area contributed by atoms with Gasteiger partial charge in [0.1, 0.15) is 6.54 Å². The van der Waals surface area contributed by atoms with Gasteiger partial charge >= 0.3 is 11.9 Å². The fourth-order valence-electron chi connectivity index (χ4n) is 1.08. The standard InChI is InChI=1S/C7H6N2O5/c10-4-3-9-7(8-4)13-5(11)1-2-6(12)14-9/h1-2,7H,3H2,(H,8,10)/b2-1+. The quantitative estimate of drug-likeness (QED) is 0.466. The van der Waals surface area contributed by atoms with Crippen molar-refractivity contribution in [3.8, 4) is 0 Å². The number of nitrogens with one attached hydrogen (secondary N) is 1. The Morgan fingerprint density at radius 1 is 1.29 bits per heavy atom. The minimum absolute atomic E-state index is 0.141. The van der Waals surface area contributed by atoms with E-state index in [1.165, 1.54) is 0 Å². The zero-order valence-electron chi connectivity index (χ0n) is 6.93. The van der Waals surface area contributed by atoms with Gasteiger partial charge in [-0.3, -0.25) is 4.79 Å². The van der Waals surface area contributed by atoms with Crippen LogP contribution in [0.4, 0.5) is 0 Å². The molecular weight excluding hydrogens is 192 g/mol. The Morgan fingerprint density at radius 2 is 2.00 bits per heavy atom. The molecule has 2 aliphatic rings. The van der Waals surface area contributed by atoms with E-state index < -0.39 is 18.3 Å². The molecule has 1 atom stereocenters. The normalized spacial score (nSPS) is 29.4. The van der Waals surface area contributed by atoms with Crippen LogP contribution in [0.15, 0.2) is 12.2 Å². The van der Waals surface area contributed by atoms with Crippen LogP contribution in [0.3, 0.4) is 0 Å². The first-order valence-corrected chi connectivity index (χ1v) is 3.82. The molecule has 2 rings (SSSR count). The number of fused-ring (bicyclic) bond motifs is 1. The summed E-state index contributed by atoms with van der Waals surface area (Å²) in [6, 6.07) is 0. The second-order valence-corrected chi connectivity index (χ2v) is 2.68. The van der Waals surface area contributed by atoms with Gasteiger partial charge in [-0.1, -0.05) is 5.06 Å². The first-order valence-electron chi connectivity index (χ1n) is 3.82. The third-order valence-corrected chi connectivity index (χ3v) is 1.64. The van der Waals surface area contributed by atoms with E-state index in [2.05, 4.69) is 10.2 Å². The van der Waals surface area contributed by atoms with Gasteiger partial charge < -0.3 is 14.9 Å². The van der Waals surface area contributed by atoms with Gasteiger partial charge in [0.2, 0.25) is 5.91 Å². The van der Waals surface area contributed by atoms with Gasteiger partial charge in [-0.05, 0) is 0 Å². The third-order valence-electron chi connectivity index (χ3n) is 1.64.